The molecule has 0 spiro atoms. The van der Waals surface area contributed by atoms with Gasteiger partial charge in [-0.15, -0.1) is 0 Å². The van der Waals surface area contributed by atoms with Gasteiger partial charge in [-0.1, -0.05) is 6.07 Å². The number of benzene rings is 1. The number of hydrogen-bond acceptors (Lipinski definition) is 4. The zero-order chi connectivity index (χ0) is 18.8. The van der Waals surface area contributed by atoms with Gasteiger partial charge in [0.05, 0.1) is 23.5 Å². The van der Waals surface area contributed by atoms with Crippen LogP contribution in [0.15, 0.2) is 29.2 Å². The molecule has 0 bridgehead atoms. The summed E-state index contributed by atoms with van der Waals surface area (Å²) >= 11 is 0. The molecule has 1 aromatic carbocycles. The number of hydroxylamine groups is 1. The molecule has 0 radical (unpaired) electrons. The summed E-state index contributed by atoms with van der Waals surface area (Å²) in [5.74, 6) is -2.11. The van der Waals surface area contributed by atoms with Gasteiger partial charge in [0, 0.05) is 13.2 Å². The van der Waals surface area contributed by atoms with Crippen LogP contribution in [0.2, 0.25) is 0 Å². The second kappa shape index (κ2) is 7.25. The van der Waals surface area contributed by atoms with Crippen molar-refractivity contribution in [3.8, 4) is 0 Å². The van der Waals surface area contributed by atoms with Crippen molar-refractivity contribution in [1.29, 1.82) is 0 Å². The zero-order valence-corrected chi connectivity index (χ0v) is 14.4. The van der Waals surface area contributed by atoms with Crippen molar-refractivity contribution in [3.63, 3.8) is 0 Å². The molecular formula is C18H19F2N3O3. The molecule has 0 saturated heterocycles. The molecule has 26 heavy (non-hydrogen) atoms. The average Bonchev–Trinajstić information content (AvgIpc) is 3.41. The Morgan fingerprint density at radius 1 is 1.35 bits per heavy atom. The van der Waals surface area contributed by atoms with Gasteiger partial charge in [0.25, 0.3) is 11.5 Å². The first-order valence-corrected chi connectivity index (χ1v) is 8.21. The van der Waals surface area contributed by atoms with E-state index in [0.29, 0.717) is 18.1 Å². The average molecular weight is 363 g/mol. The van der Waals surface area contributed by atoms with Crippen molar-refractivity contribution in [1.82, 2.24) is 10.0 Å². The number of halogens is 2. The first-order chi connectivity index (χ1) is 12.4. The number of aromatic nitrogens is 1. The number of aryl methyl sites for hydroxylation is 2. The summed E-state index contributed by atoms with van der Waals surface area (Å²) in [5.41, 5.74) is 1.38. The van der Waals surface area contributed by atoms with Crippen LogP contribution in [0, 0.1) is 24.5 Å². The van der Waals surface area contributed by atoms with Crippen LogP contribution in [0.1, 0.15) is 28.8 Å². The SMILES string of the molecule is Cc1ccc(Nc2c(C(=O)NOCC3CC3)cn(C)c(=O)c2F)c(F)c1. The van der Waals surface area contributed by atoms with Crippen LogP contribution >= 0.6 is 0 Å². The molecule has 3 rings (SSSR count). The van der Waals surface area contributed by atoms with Crippen molar-refractivity contribution < 1.29 is 18.4 Å². The number of pyridine rings is 1. The van der Waals surface area contributed by atoms with Gasteiger partial charge >= 0.3 is 0 Å². The molecule has 1 aliphatic rings. The topological polar surface area (TPSA) is 72.4 Å². The predicted molar refractivity (Wildman–Crippen MR) is 92.2 cm³/mol. The smallest absolute Gasteiger partial charge is 0.288 e. The quantitative estimate of drug-likeness (QED) is 0.774. The molecule has 0 atom stereocenters. The summed E-state index contributed by atoms with van der Waals surface area (Å²) in [4.78, 5) is 29.4. The minimum Gasteiger partial charge on any atom is -0.350 e. The summed E-state index contributed by atoms with van der Waals surface area (Å²) in [6, 6.07) is 4.30. The fourth-order valence-corrected chi connectivity index (χ4v) is 2.41. The van der Waals surface area contributed by atoms with Gasteiger partial charge in [-0.05, 0) is 43.4 Å². The van der Waals surface area contributed by atoms with Gasteiger partial charge in [0.15, 0.2) is 0 Å². The van der Waals surface area contributed by atoms with E-state index in [2.05, 4.69) is 10.8 Å². The van der Waals surface area contributed by atoms with Crippen LogP contribution < -0.4 is 16.4 Å². The van der Waals surface area contributed by atoms with Crippen LogP contribution in [0.3, 0.4) is 0 Å². The maximum atomic E-state index is 14.5. The molecule has 1 amide bonds. The number of nitrogens with zero attached hydrogens (tertiary/aromatic N) is 1. The Hall–Kier alpha value is -2.74. The number of nitrogens with one attached hydrogen (secondary N) is 2. The Morgan fingerprint density at radius 2 is 2.08 bits per heavy atom. The van der Waals surface area contributed by atoms with E-state index in [1.54, 1.807) is 13.0 Å². The second-order valence-electron chi connectivity index (χ2n) is 6.44. The molecule has 1 heterocycles. The van der Waals surface area contributed by atoms with E-state index in [1.807, 2.05) is 0 Å². The van der Waals surface area contributed by atoms with Gasteiger partial charge < -0.3 is 9.88 Å². The summed E-state index contributed by atoms with van der Waals surface area (Å²) < 4.78 is 29.5. The van der Waals surface area contributed by atoms with Gasteiger partial charge in [-0.2, -0.15) is 4.39 Å². The maximum absolute atomic E-state index is 14.5. The summed E-state index contributed by atoms with van der Waals surface area (Å²) in [6.07, 6.45) is 3.27. The van der Waals surface area contributed by atoms with Gasteiger partial charge in [-0.25, -0.2) is 9.87 Å². The Bertz CT molecular complexity index is 907. The van der Waals surface area contributed by atoms with Crippen LogP contribution in [-0.2, 0) is 11.9 Å². The first-order valence-electron chi connectivity index (χ1n) is 8.21. The lowest BCUT2D eigenvalue weighted by Crippen LogP contribution is -2.30. The Balaban J connectivity index is 1.92. The molecule has 0 unspecified atom stereocenters. The molecule has 1 aliphatic carbocycles. The number of rotatable bonds is 6. The summed E-state index contributed by atoms with van der Waals surface area (Å²) in [7, 11) is 1.32. The van der Waals surface area contributed by atoms with Crippen molar-refractivity contribution >= 4 is 17.3 Å². The molecule has 2 aromatic rings. The lowest BCUT2D eigenvalue weighted by molar-refractivity contribution is 0.0270. The Kier molecular flexibility index (Phi) is 5.03. The first kappa shape index (κ1) is 18.1. The van der Waals surface area contributed by atoms with E-state index in [0.717, 1.165) is 17.4 Å². The fraction of sp³-hybridized carbons (Fsp3) is 0.333. The van der Waals surface area contributed by atoms with E-state index in [4.69, 9.17) is 4.84 Å². The standard InChI is InChI=1S/C18H19F2N3O3/c1-10-3-6-14(13(19)7-10)21-16-12(8-23(2)18(25)15(16)20)17(24)22-26-9-11-4-5-11/h3,6-8,11,21H,4-5,9H2,1-2H3,(H,22,24). The predicted octanol–water partition coefficient (Wildman–Crippen LogP) is 2.79. The third-order valence-electron chi connectivity index (χ3n) is 4.13. The number of hydrogen-bond donors (Lipinski definition) is 2. The number of carbonyl (C=O) groups is 1. The van der Waals surface area contributed by atoms with Crippen molar-refractivity contribution in [2.24, 2.45) is 13.0 Å². The van der Waals surface area contributed by atoms with E-state index in [9.17, 15) is 18.4 Å². The highest BCUT2D eigenvalue weighted by Gasteiger charge is 2.24. The van der Waals surface area contributed by atoms with Crippen LogP contribution in [0.4, 0.5) is 20.2 Å². The largest absolute Gasteiger partial charge is 0.350 e. The third kappa shape index (κ3) is 3.91. The van der Waals surface area contributed by atoms with E-state index < -0.39 is 28.8 Å². The highest BCUT2D eigenvalue weighted by atomic mass is 19.1. The molecule has 1 saturated carbocycles. The molecular weight excluding hydrogens is 344 g/mol. The number of amides is 1. The van der Waals surface area contributed by atoms with Crippen molar-refractivity contribution in [2.45, 2.75) is 19.8 Å². The minimum absolute atomic E-state index is 0.0456. The Morgan fingerprint density at radius 3 is 2.73 bits per heavy atom. The van der Waals surface area contributed by atoms with E-state index in [1.165, 1.54) is 25.4 Å². The Labute approximate surface area is 148 Å². The van der Waals surface area contributed by atoms with E-state index in [-0.39, 0.29) is 11.3 Å². The molecule has 2 N–H and O–H groups in total. The zero-order valence-electron chi connectivity index (χ0n) is 14.4. The van der Waals surface area contributed by atoms with E-state index >= 15 is 0 Å². The van der Waals surface area contributed by atoms with Gasteiger partial charge in [0.1, 0.15) is 5.82 Å². The molecule has 1 fully saturated rings. The maximum Gasteiger partial charge on any atom is 0.288 e. The lowest BCUT2D eigenvalue weighted by Gasteiger charge is -2.15. The summed E-state index contributed by atoms with van der Waals surface area (Å²) in [5, 5.41) is 2.52. The molecule has 1 aromatic heterocycles. The third-order valence-corrected chi connectivity index (χ3v) is 4.13. The number of carbonyl (C=O) groups excluding carboxylic acids is 1. The van der Waals surface area contributed by atoms with Gasteiger partial charge in [-0.3, -0.25) is 14.4 Å². The minimum atomic E-state index is -1.18. The van der Waals surface area contributed by atoms with Crippen LogP contribution in [0.5, 0.6) is 0 Å². The fourth-order valence-electron chi connectivity index (χ4n) is 2.41. The molecule has 0 aliphatic heterocycles. The van der Waals surface area contributed by atoms with Crippen LogP contribution in [0.25, 0.3) is 0 Å². The second-order valence-corrected chi connectivity index (χ2v) is 6.44. The monoisotopic (exact) mass is 363 g/mol. The summed E-state index contributed by atoms with van der Waals surface area (Å²) in [6.45, 7) is 2.08. The highest BCUT2D eigenvalue weighted by Crippen LogP contribution is 2.29. The normalized spacial score (nSPS) is 13.5. The van der Waals surface area contributed by atoms with Crippen LogP contribution in [-0.4, -0.2) is 17.1 Å². The van der Waals surface area contributed by atoms with Crippen molar-refractivity contribution in [2.75, 3.05) is 11.9 Å². The lowest BCUT2D eigenvalue weighted by atomic mass is 10.1. The molecule has 6 nitrogen and oxygen atoms in total. The molecule has 138 valence electrons. The van der Waals surface area contributed by atoms with Gasteiger partial charge in [0.2, 0.25) is 5.82 Å². The number of anilines is 2. The van der Waals surface area contributed by atoms with Crippen molar-refractivity contribution in [3.05, 3.63) is 57.5 Å². The molecule has 8 heteroatoms. The highest BCUT2D eigenvalue weighted by molar-refractivity contribution is 5.99.